The average molecular weight is 525 g/mol. The highest BCUT2D eigenvalue weighted by Crippen LogP contribution is 2.40. The Bertz CT molecular complexity index is 2040. The highest BCUT2D eigenvalue weighted by molar-refractivity contribution is 6.30. The molecule has 0 aliphatic carbocycles. The number of nitrogens with zero attached hydrogens (tertiary/aromatic N) is 2. The summed E-state index contributed by atoms with van der Waals surface area (Å²) in [6, 6.07) is 33.0. The van der Waals surface area contributed by atoms with Gasteiger partial charge in [0.2, 0.25) is 0 Å². The predicted octanol–water partition coefficient (Wildman–Crippen LogP) is 8.69. The van der Waals surface area contributed by atoms with E-state index in [4.69, 9.17) is 16.7 Å². The number of benzene rings is 6. The fraction of sp³-hybridized carbons (Fsp3) is 0. The number of aromatic hydroxyl groups is 1. The lowest BCUT2D eigenvalue weighted by molar-refractivity contribution is 0.104. The number of carbonyl (C=O) groups excluding carboxylic acids is 1. The van der Waals surface area contributed by atoms with E-state index < -0.39 is 0 Å². The largest absolute Gasteiger partial charge is 0.508 e. The number of rotatable bonds is 5. The van der Waals surface area contributed by atoms with Crippen LogP contribution in [-0.4, -0.2) is 20.7 Å². The van der Waals surface area contributed by atoms with Crippen LogP contribution in [0.15, 0.2) is 115 Å². The minimum atomic E-state index is -0.160. The van der Waals surface area contributed by atoms with E-state index in [0.29, 0.717) is 10.6 Å². The lowest BCUT2D eigenvalue weighted by Crippen LogP contribution is -1.95. The van der Waals surface area contributed by atoms with Crippen LogP contribution in [0.5, 0.6) is 5.75 Å². The third-order valence-electron chi connectivity index (χ3n) is 7.17. The molecule has 1 aromatic heterocycles. The minimum Gasteiger partial charge on any atom is -0.508 e. The maximum Gasteiger partial charge on any atom is 0.185 e. The molecule has 0 spiro atoms. The summed E-state index contributed by atoms with van der Waals surface area (Å²) in [5.74, 6) is -0.0403. The van der Waals surface area contributed by atoms with Crippen molar-refractivity contribution < 1.29 is 9.90 Å². The van der Waals surface area contributed by atoms with Crippen molar-refractivity contribution in [2.75, 3.05) is 0 Å². The number of aromatic nitrogens is 2. The Balaban J connectivity index is 1.43. The molecule has 7 rings (SSSR count). The van der Waals surface area contributed by atoms with Crippen molar-refractivity contribution in [1.82, 2.24) is 9.78 Å². The highest BCUT2D eigenvalue weighted by Gasteiger charge is 2.17. The summed E-state index contributed by atoms with van der Waals surface area (Å²) >= 11 is 6.29. The van der Waals surface area contributed by atoms with Crippen LogP contribution in [0.3, 0.4) is 0 Å². The van der Waals surface area contributed by atoms with Crippen LogP contribution < -0.4 is 0 Å². The molecule has 0 saturated heterocycles. The third kappa shape index (κ3) is 4.02. The number of phenolic OH excluding ortho intramolecular Hbond substituents is 1. The SMILES string of the molecule is O=C(/C=C/c1cn(-c2cccc(Cl)c2)nc1-c1ccc2ccc3cccc4ccc1c2c34)c1ccc(O)cc1. The molecule has 6 aromatic carbocycles. The second-order valence-electron chi connectivity index (χ2n) is 9.57. The predicted molar refractivity (Wildman–Crippen MR) is 159 cm³/mol. The molecule has 0 radical (unpaired) electrons. The van der Waals surface area contributed by atoms with Crippen LogP contribution in [0.1, 0.15) is 15.9 Å². The number of phenols is 1. The Hall–Kier alpha value is -4.93. The van der Waals surface area contributed by atoms with Crippen LogP contribution in [-0.2, 0) is 0 Å². The van der Waals surface area contributed by atoms with E-state index in [9.17, 15) is 9.90 Å². The van der Waals surface area contributed by atoms with Crippen molar-refractivity contribution in [3.8, 4) is 22.7 Å². The van der Waals surface area contributed by atoms with Crippen LogP contribution in [0.4, 0.5) is 0 Å². The van der Waals surface area contributed by atoms with Gasteiger partial charge in [-0.15, -0.1) is 0 Å². The zero-order valence-electron chi connectivity index (χ0n) is 20.7. The maximum absolute atomic E-state index is 12.9. The normalized spacial score (nSPS) is 11.8. The van der Waals surface area contributed by atoms with Crippen molar-refractivity contribution in [2.24, 2.45) is 0 Å². The van der Waals surface area contributed by atoms with E-state index in [0.717, 1.165) is 27.9 Å². The van der Waals surface area contributed by atoms with Gasteiger partial charge in [0, 0.05) is 27.9 Å². The molecule has 1 N–H and O–H groups in total. The Morgan fingerprint density at radius 3 is 2.26 bits per heavy atom. The molecular weight excluding hydrogens is 504 g/mol. The zero-order valence-corrected chi connectivity index (χ0v) is 21.4. The number of hydrogen-bond donors (Lipinski definition) is 1. The molecular formula is C34H21ClN2O2. The third-order valence-corrected chi connectivity index (χ3v) is 7.40. The van der Waals surface area contributed by atoms with Crippen LogP contribution in [0, 0.1) is 0 Å². The fourth-order valence-corrected chi connectivity index (χ4v) is 5.48. The van der Waals surface area contributed by atoms with Gasteiger partial charge in [0.15, 0.2) is 5.78 Å². The smallest absolute Gasteiger partial charge is 0.185 e. The minimum absolute atomic E-state index is 0.120. The number of carbonyl (C=O) groups is 1. The molecule has 0 amide bonds. The fourth-order valence-electron chi connectivity index (χ4n) is 5.30. The van der Waals surface area contributed by atoms with Crippen molar-refractivity contribution in [2.45, 2.75) is 0 Å². The molecule has 7 aromatic rings. The van der Waals surface area contributed by atoms with Crippen molar-refractivity contribution in [3.05, 3.63) is 132 Å². The van der Waals surface area contributed by atoms with E-state index in [2.05, 4.69) is 54.6 Å². The van der Waals surface area contributed by atoms with Crippen LogP contribution >= 0.6 is 11.6 Å². The van der Waals surface area contributed by atoms with Gasteiger partial charge in [0.1, 0.15) is 11.4 Å². The summed E-state index contributed by atoms with van der Waals surface area (Å²) in [5, 5.41) is 22.3. The summed E-state index contributed by atoms with van der Waals surface area (Å²) in [6.45, 7) is 0. The van der Waals surface area contributed by atoms with Crippen LogP contribution in [0.25, 0.3) is 55.3 Å². The molecule has 186 valence electrons. The standard InChI is InChI=1S/C34H21ClN2O2/c35-26-5-2-6-27(19-26)37-20-25(13-18-31(39)21-9-14-28(38)15-10-21)34(36-37)30-17-12-24-8-7-22-3-1-4-23-11-16-29(30)33(24)32(22)23/h1-20,38H/b18-13+. The monoisotopic (exact) mass is 524 g/mol. The quantitative estimate of drug-likeness (QED) is 0.139. The topological polar surface area (TPSA) is 55.1 Å². The van der Waals surface area contributed by atoms with Gasteiger partial charge < -0.3 is 5.11 Å². The summed E-state index contributed by atoms with van der Waals surface area (Å²) in [7, 11) is 0. The number of halogens is 1. The lowest BCUT2D eigenvalue weighted by Gasteiger charge is -2.13. The Morgan fingerprint density at radius 2 is 1.49 bits per heavy atom. The first-order valence-electron chi connectivity index (χ1n) is 12.6. The summed E-state index contributed by atoms with van der Waals surface area (Å²) in [4.78, 5) is 12.9. The summed E-state index contributed by atoms with van der Waals surface area (Å²) in [6.07, 6.45) is 5.27. The van der Waals surface area contributed by atoms with Gasteiger partial charge in [0.05, 0.1) is 5.69 Å². The summed E-state index contributed by atoms with van der Waals surface area (Å²) < 4.78 is 1.80. The van der Waals surface area contributed by atoms with Gasteiger partial charge in [0.25, 0.3) is 0 Å². The highest BCUT2D eigenvalue weighted by atomic mass is 35.5. The van der Waals surface area contributed by atoms with Crippen molar-refractivity contribution in [3.63, 3.8) is 0 Å². The molecule has 5 heteroatoms. The molecule has 1 heterocycles. The molecule has 0 atom stereocenters. The number of allylic oxidation sites excluding steroid dienone is 1. The van der Waals surface area contributed by atoms with E-state index in [1.807, 2.05) is 30.5 Å². The Kier molecular flexibility index (Phi) is 5.43. The molecule has 0 fully saturated rings. The van der Waals surface area contributed by atoms with Gasteiger partial charge in [-0.1, -0.05) is 72.3 Å². The van der Waals surface area contributed by atoms with Crippen molar-refractivity contribution >= 4 is 55.8 Å². The maximum atomic E-state index is 12.9. The first-order valence-corrected chi connectivity index (χ1v) is 13.0. The van der Waals surface area contributed by atoms with Gasteiger partial charge >= 0.3 is 0 Å². The Labute approximate surface area is 229 Å². The second kappa shape index (κ2) is 9.12. The molecule has 0 unspecified atom stereocenters. The van der Waals surface area contributed by atoms with E-state index in [-0.39, 0.29) is 11.5 Å². The van der Waals surface area contributed by atoms with Crippen molar-refractivity contribution in [1.29, 1.82) is 0 Å². The second-order valence-corrected chi connectivity index (χ2v) is 10.0. The van der Waals surface area contributed by atoms with Gasteiger partial charge in [-0.05, 0) is 86.9 Å². The van der Waals surface area contributed by atoms with Gasteiger partial charge in [-0.3, -0.25) is 4.79 Å². The zero-order chi connectivity index (χ0) is 26.5. The first-order chi connectivity index (χ1) is 19.0. The van der Waals surface area contributed by atoms with E-state index in [1.165, 1.54) is 39.1 Å². The molecule has 0 saturated carbocycles. The average Bonchev–Trinajstić information content (AvgIpc) is 3.39. The molecule has 39 heavy (non-hydrogen) atoms. The summed E-state index contributed by atoms with van der Waals surface area (Å²) in [5.41, 5.74) is 3.87. The Morgan fingerprint density at radius 1 is 0.795 bits per heavy atom. The molecule has 0 bridgehead atoms. The molecule has 0 aliphatic rings. The lowest BCUT2D eigenvalue weighted by atomic mass is 9.90. The number of hydrogen-bond acceptors (Lipinski definition) is 3. The molecule has 0 aliphatic heterocycles. The first kappa shape index (κ1) is 23.2. The van der Waals surface area contributed by atoms with Gasteiger partial charge in [-0.2, -0.15) is 5.10 Å². The van der Waals surface area contributed by atoms with E-state index >= 15 is 0 Å². The van der Waals surface area contributed by atoms with Crippen LogP contribution in [0.2, 0.25) is 5.02 Å². The molecule has 4 nitrogen and oxygen atoms in total. The number of ketones is 1. The van der Waals surface area contributed by atoms with E-state index in [1.54, 1.807) is 29.0 Å². The van der Waals surface area contributed by atoms with Gasteiger partial charge in [-0.25, -0.2) is 4.68 Å².